The summed E-state index contributed by atoms with van der Waals surface area (Å²) in [6, 6.07) is 0.621. The molecule has 3 aliphatic rings. The van der Waals surface area contributed by atoms with Crippen LogP contribution in [0, 0.1) is 11.8 Å². The van der Waals surface area contributed by atoms with E-state index in [0.29, 0.717) is 23.7 Å². The lowest BCUT2D eigenvalue weighted by molar-refractivity contribution is -0.119. The van der Waals surface area contributed by atoms with Crippen molar-refractivity contribution in [3.05, 3.63) is 11.8 Å². The van der Waals surface area contributed by atoms with E-state index >= 15 is 0 Å². The van der Waals surface area contributed by atoms with Crippen LogP contribution in [0.3, 0.4) is 0 Å². The van der Waals surface area contributed by atoms with E-state index in [1.165, 1.54) is 89.2 Å². The highest BCUT2D eigenvalue weighted by molar-refractivity contribution is 5.92. The zero-order valence-corrected chi connectivity index (χ0v) is 14.8. The van der Waals surface area contributed by atoms with E-state index in [1.54, 1.807) is 0 Å². The third-order valence-corrected chi connectivity index (χ3v) is 6.33. The molecule has 0 atom stereocenters. The van der Waals surface area contributed by atoms with Crippen LogP contribution in [-0.2, 0) is 4.79 Å². The van der Waals surface area contributed by atoms with Crippen LogP contribution in [0.1, 0.15) is 96.3 Å². The van der Waals surface area contributed by atoms with Crippen LogP contribution in [0.5, 0.6) is 0 Å². The molecular weight excluding hydrogens is 282 g/mol. The van der Waals surface area contributed by atoms with Crippen molar-refractivity contribution in [1.29, 1.82) is 0 Å². The van der Waals surface area contributed by atoms with Crippen molar-refractivity contribution in [2.24, 2.45) is 11.8 Å². The van der Waals surface area contributed by atoms with E-state index < -0.39 is 0 Å². The van der Waals surface area contributed by atoms with E-state index in [0.717, 1.165) is 12.8 Å². The molecule has 3 fully saturated rings. The van der Waals surface area contributed by atoms with Crippen LogP contribution in [0.4, 0.5) is 0 Å². The average Bonchev–Trinajstić information content (AvgIpc) is 2.63. The van der Waals surface area contributed by atoms with Crippen molar-refractivity contribution < 1.29 is 4.79 Å². The number of allylic oxidation sites excluding steroid dienone is 2. The molecule has 3 saturated carbocycles. The zero-order chi connectivity index (χ0) is 15.9. The molecule has 0 aromatic heterocycles. The maximum absolute atomic E-state index is 12.8. The van der Waals surface area contributed by atoms with E-state index in [1.807, 2.05) is 0 Å². The van der Waals surface area contributed by atoms with Gasteiger partial charge in [-0.15, -0.1) is 0 Å². The van der Waals surface area contributed by atoms with Crippen LogP contribution in [-0.4, -0.2) is 11.8 Å². The van der Waals surface area contributed by atoms with Crippen molar-refractivity contribution in [2.45, 2.75) is 102 Å². The molecule has 0 saturated heterocycles. The lowest BCUT2D eigenvalue weighted by Crippen LogP contribution is -2.34. The van der Waals surface area contributed by atoms with E-state index in [-0.39, 0.29) is 0 Å². The SMILES string of the molecule is O=C(/C=C(/NC1CCCCC1)C1CCCCC1)C1CCCCC1. The van der Waals surface area contributed by atoms with Crippen LogP contribution in [0.15, 0.2) is 11.8 Å². The minimum absolute atomic E-state index is 0.315. The molecular formula is C21H35NO. The van der Waals surface area contributed by atoms with Crippen LogP contribution in [0.2, 0.25) is 0 Å². The molecule has 23 heavy (non-hydrogen) atoms. The standard InChI is InChI=1S/C21H35NO/c23-21(18-12-6-2-7-13-18)16-20(17-10-4-1-5-11-17)22-19-14-8-3-9-15-19/h16-19,22H,1-15H2/b20-16+. The van der Waals surface area contributed by atoms with Crippen LogP contribution < -0.4 is 5.32 Å². The summed E-state index contributed by atoms with van der Waals surface area (Å²) >= 11 is 0. The lowest BCUT2D eigenvalue weighted by atomic mass is 9.82. The predicted octanol–water partition coefficient (Wildman–Crippen LogP) is 5.52. The summed E-state index contributed by atoms with van der Waals surface area (Å²) in [7, 11) is 0. The first-order valence-electron chi connectivity index (χ1n) is 10.3. The Kier molecular flexibility index (Phi) is 6.59. The number of carbonyl (C=O) groups is 1. The molecule has 0 aromatic carbocycles. The Morgan fingerprint density at radius 2 is 1.13 bits per heavy atom. The van der Waals surface area contributed by atoms with Gasteiger partial charge in [-0.2, -0.15) is 0 Å². The van der Waals surface area contributed by atoms with Crippen molar-refractivity contribution >= 4 is 5.78 Å². The third-order valence-electron chi connectivity index (χ3n) is 6.33. The minimum Gasteiger partial charge on any atom is -0.385 e. The summed E-state index contributed by atoms with van der Waals surface area (Å²) in [6.45, 7) is 0. The van der Waals surface area contributed by atoms with Gasteiger partial charge in [-0.25, -0.2) is 0 Å². The molecule has 0 amide bonds. The normalized spacial score (nSPS) is 26.2. The van der Waals surface area contributed by atoms with E-state index in [2.05, 4.69) is 11.4 Å². The smallest absolute Gasteiger partial charge is 0.160 e. The summed E-state index contributed by atoms with van der Waals surface area (Å²) in [4.78, 5) is 12.8. The molecule has 130 valence electrons. The Hall–Kier alpha value is -0.790. The highest BCUT2D eigenvalue weighted by atomic mass is 16.1. The molecule has 0 aromatic rings. The van der Waals surface area contributed by atoms with Crippen LogP contribution in [0.25, 0.3) is 0 Å². The highest BCUT2D eigenvalue weighted by Gasteiger charge is 2.25. The molecule has 0 radical (unpaired) electrons. The lowest BCUT2D eigenvalue weighted by Gasteiger charge is -2.31. The molecule has 3 rings (SSSR count). The predicted molar refractivity (Wildman–Crippen MR) is 96.2 cm³/mol. The molecule has 0 aliphatic heterocycles. The summed E-state index contributed by atoms with van der Waals surface area (Å²) in [5.41, 5.74) is 1.31. The second-order valence-electron chi connectivity index (χ2n) is 8.15. The molecule has 3 aliphatic carbocycles. The molecule has 0 spiro atoms. The first-order valence-corrected chi connectivity index (χ1v) is 10.3. The van der Waals surface area contributed by atoms with Crippen LogP contribution >= 0.6 is 0 Å². The monoisotopic (exact) mass is 317 g/mol. The van der Waals surface area contributed by atoms with Crippen molar-refractivity contribution in [2.75, 3.05) is 0 Å². The molecule has 0 unspecified atom stereocenters. The van der Waals surface area contributed by atoms with Gasteiger partial charge < -0.3 is 5.32 Å². The van der Waals surface area contributed by atoms with Gasteiger partial charge in [0.25, 0.3) is 0 Å². The molecule has 2 heteroatoms. The maximum Gasteiger partial charge on any atom is 0.160 e. The van der Waals surface area contributed by atoms with Gasteiger partial charge in [0.15, 0.2) is 5.78 Å². The second-order valence-corrected chi connectivity index (χ2v) is 8.15. The summed E-state index contributed by atoms with van der Waals surface area (Å²) in [5.74, 6) is 1.36. The van der Waals surface area contributed by atoms with Gasteiger partial charge in [-0.1, -0.05) is 57.8 Å². The first kappa shape index (κ1) is 17.0. The third kappa shape index (κ3) is 5.09. The van der Waals surface area contributed by atoms with Crippen molar-refractivity contribution in [1.82, 2.24) is 5.32 Å². The number of carbonyl (C=O) groups excluding carboxylic acids is 1. The number of ketones is 1. The highest BCUT2D eigenvalue weighted by Crippen LogP contribution is 2.31. The number of nitrogens with one attached hydrogen (secondary N) is 1. The molecule has 0 heterocycles. The minimum atomic E-state index is 0.315. The Labute approximate surface area is 142 Å². The van der Waals surface area contributed by atoms with Gasteiger partial charge in [0.2, 0.25) is 0 Å². The van der Waals surface area contributed by atoms with Crippen molar-refractivity contribution in [3.8, 4) is 0 Å². The zero-order valence-electron chi connectivity index (χ0n) is 14.8. The van der Waals surface area contributed by atoms with Gasteiger partial charge in [-0.3, -0.25) is 4.79 Å². The van der Waals surface area contributed by atoms with Gasteiger partial charge in [0.05, 0.1) is 0 Å². The molecule has 0 bridgehead atoms. The fourth-order valence-corrected chi connectivity index (χ4v) is 4.83. The van der Waals surface area contributed by atoms with Gasteiger partial charge in [-0.05, 0) is 44.4 Å². The van der Waals surface area contributed by atoms with Gasteiger partial charge in [0.1, 0.15) is 0 Å². The largest absolute Gasteiger partial charge is 0.385 e. The van der Waals surface area contributed by atoms with E-state index in [4.69, 9.17) is 0 Å². The second kappa shape index (κ2) is 8.89. The maximum atomic E-state index is 12.8. The summed E-state index contributed by atoms with van der Waals surface area (Å²) in [6.07, 6.45) is 21.4. The van der Waals surface area contributed by atoms with Gasteiger partial charge >= 0.3 is 0 Å². The van der Waals surface area contributed by atoms with Crippen molar-refractivity contribution in [3.63, 3.8) is 0 Å². The van der Waals surface area contributed by atoms with E-state index in [9.17, 15) is 4.79 Å². The Balaban J connectivity index is 1.67. The first-order chi connectivity index (χ1) is 11.3. The van der Waals surface area contributed by atoms with Gasteiger partial charge in [0, 0.05) is 23.7 Å². The quantitative estimate of drug-likeness (QED) is 0.676. The fourth-order valence-electron chi connectivity index (χ4n) is 4.83. The summed E-state index contributed by atoms with van der Waals surface area (Å²) in [5, 5.41) is 3.84. The molecule has 2 nitrogen and oxygen atoms in total. The number of hydrogen-bond acceptors (Lipinski definition) is 2. The Morgan fingerprint density at radius 3 is 1.70 bits per heavy atom. The average molecular weight is 318 g/mol. The molecule has 1 N–H and O–H groups in total. The number of rotatable bonds is 5. The Morgan fingerprint density at radius 1 is 0.652 bits per heavy atom. The topological polar surface area (TPSA) is 29.1 Å². The summed E-state index contributed by atoms with van der Waals surface area (Å²) < 4.78 is 0. The Bertz CT molecular complexity index is 396. The number of hydrogen-bond donors (Lipinski definition) is 1. The fraction of sp³-hybridized carbons (Fsp3) is 0.857.